The molecule has 4 aromatic carbocycles. The van der Waals surface area contributed by atoms with E-state index in [0.717, 1.165) is 22.7 Å². The van der Waals surface area contributed by atoms with Crippen molar-refractivity contribution in [3.8, 4) is 0 Å². The molecule has 8 nitrogen and oxygen atoms in total. The van der Waals surface area contributed by atoms with Crippen LogP contribution < -0.4 is 14.7 Å². The zero-order valence-electron chi connectivity index (χ0n) is 24.2. The fourth-order valence-corrected chi connectivity index (χ4v) is 5.01. The highest BCUT2D eigenvalue weighted by Crippen LogP contribution is 2.39. The van der Waals surface area contributed by atoms with Gasteiger partial charge in [-0.2, -0.15) is 15.0 Å². The van der Waals surface area contributed by atoms with Crippen molar-refractivity contribution >= 4 is 52.2 Å². The quantitative estimate of drug-likeness (QED) is 0.166. The molecule has 216 valence electrons. The Hall–Kier alpha value is -6.41. The van der Waals surface area contributed by atoms with Crippen LogP contribution in [0.4, 0.5) is 52.2 Å². The molecule has 0 fully saturated rings. The molecule has 0 N–H and O–H groups in total. The first-order valence-corrected chi connectivity index (χ1v) is 14.5. The lowest BCUT2D eigenvalue weighted by Crippen LogP contribution is -2.23. The van der Waals surface area contributed by atoms with E-state index in [1.165, 1.54) is 0 Å². The number of benzene rings is 4. The second-order valence-corrected chi connectivity index (χ2v) is 9.96. The van der Waals surface area contributed by atoms with E-state index in [-0.39, 0.29) is 0 Å². The van der Waals surface area contributed by atoms with Gasteiger partial charge in [0.2, 0.25) is 17.8 Å². The Morgan fingerprint density at radius 2 is 0.578 bits per heavy atom. The fraction of sp³-hybridized carbons (Fsp3) is 0. The number of hydrogen-bond donors (Lipinski definition) is 0. The Morgan fingerprint density at radius 1 is 0.289 bits per heavy atom. The van der Waals surface area contributed by atoms with Crippen molar-refractivity contribution < 1.29 is 0 Å². The summed E-state index contributed by atoms with van der Waals surface area (Å²) >= 11 is 0. The van der Waals surface area contributed by atoms with E-state index < -0.39 is 0 Å². The van der Waals surface area contributed by atoms with E-state index in [4.69, 9.17) is 15.0 Å². The van der Waals surface area contributed by atoms with E-state index in [0.29, 0.717) is 29.5 Å². The van der Waals surface area contributed by atoms with Gasteiger partial charge in [-0.25, -0.2) is 14.9 Å². The summed E-state index contributed by atoms with van der Waals surface area (Å²) in [6, 6.07) is 51.8. The van der Waals surface area contributed by atoms with Crippen LogP contribution >= 0.6 is 0 Å². The van der Waals surface area contributed by atoms with Crippen molar-refractivity contribution in [1.82, 2.24) is 24.9 Å². The smallest absolute Gasteiger partial charge is 0.243 e. The average Bonchev–Trinajstić information content (AvgIpc) is 3.12. The van der Waals surface area contributed by atoms with Crippen LogP contribution in [-0.4, -0.2) is 24.9 Å². The van der Waals surface area contributed by atoms with E-state index in [1.807, 2.05) is 172 Å². The van der Waals surface area contributed by atoms with Crippen LogP contribution in [0.15, 0.2) is 170 Å². The molecule has 0 bridgehead atoms. The summed E-state index contributed by atoms with van der Waals surface area (Å²) in [6.45, 7) is 0. The third-order valence-corrected chi connectivity index (χ3v) is 7.01. The number of nitrogens with zero attached hydrogens (tertiary/aromatic N) is 8. The van der Waals surface area contributed by atoms with Gasteiger partial charge in [0.1, 0.15) is 11.6 Å². The molecule has 0 amide bonds. The van der Waals surface area contributed by atoms with Gasteiger partial charge in [0.05, 0.1) is 0 Å². The Balaban J connectivity index is 1.52. The number of hydrogen-bond acceptors (Lipinski definition) is 8. The molecule has 7 aromatic rings. The van der Waals surface area contributed by atoms with Crippen molar-refractivity contribution in [1.29, 1.82) is 0 Å². The highest BCUT2D eigenvalue weighted by atomic mass is 15.4. The second kappa shape index (κ2) is 12.8. The van der Waals surface area contributed by atoms with E-state index >= 15 is 0 Å². The first kappa shape index (κ1) is 27.4. The predicted octanol–water partition coefficient (Wildman–Crippen LogP) is 9.07. The van der Waals surface area contributed by atoms with Crippen LogP contribution in [-0.2, 0) is 0 Å². The van der Waals surface area contributed by atoms with Gasteiger partial charge >= 0.3 is 0 Å². The lowest BCUT2D eigenvalue weighted by Gasteiger charge is -2.29. The van der Waals surface area contributed by atoms with E-state index in [1.54, 1.807) is 12.4 Å². The normalized spacial score (nSPS) is 10.7. The summed E-state index contributed by atoms with van der Waals surface area (Å²) in [6.07, 6.45) is 3.49. The monoisotopic (exact) mass is 584 g/mol. The molecule has 3 aromatic heterocycles. The SMILES string of the molecule is c1ccc(N(c2ccccc2)c2nc(N(c3ccccc3)c3ccccc3)nc(N(c3ccccn3)c3ccccn3)n2)cc1. The molecule has 0 aliphatic carbocycles. The summed E-state index contributed by atoms with van der Waals surface area (Å²) < 4.78 is 0. The molecule has 0 aliphatic heterocycles. The van der Waals surface area contributed by atoms with Crippen LogP contribution in [0.25, 0.3) is 0 Å². The van der Waals surface area contributed by atoms with Crippen LogP contribution in [0.1, 0.15) is 0 Å². The number of rotatable bonds is 9. The molecular weight excluding hydrogens is 556 g/mol. The third-order valence-electron chi connectivity index (χ3n) is 7.01. The van der Waals surface area contributed by atoms with Crippen LogP contribution in [0, 0.1) is 0 Å². The molecule has 3 heterocycles. The summed E-state index contributed by atoms with van der Waals surface area (Å²) in [4.78, 5) is 30.7. The third kappa shape index (κ3) is 5.93. The Bertz CT molecular complexity index is 1580. The summed E-state index contributed by atoms with van der Waals surface area (Å²) in [7, 11) is 0. The molecule has 0 spiro atoms. The Morgan fingerprint density at radius 3 is 0.867 bits per heavy atom. The topological polar surface area (TPSA) is 74.2 Å². The average molecular weight is 585 g/mol. The molecule has 0 saturated heterocycles. The van der Waals surface area contributed by atoms with Gasteiger partial charge in [-0.15, -0.1) is 0 Å². The lowest BCUT2D eigenvalue weighted by molar-refractivity contribution is 0.947. The largest absolute Gasteiger partial charge is 0.279 e. The Kier molecular flexibility index (Phi) is 7.83. The maximum absolute atomic E-state index is 5.17. The molecule has 8 heteroatoms. The highest BCUT2D eigenvalue weighted by molar-refractivity contribution is 5.78. The number of anilines is 9. The van der Waals surface area contributed by atoms with Crippen LogP contribution in [0.2, 0.25) is 0 Å². The minimum Gasteiger partial charge on any atom is -0.279 e. The first-order valence-electron chi connectivity index (χ1n) is 14.5. The van der Waals surface area contributed by atoms with Crippen molar-refractivity contribution in [2.24, 2.45) is 0 Å². The number of aromatic nitrogens is 5. The van der Waals surface area contributed by atoms with Crippen molar-refractivity contribution in [3.63, 3.8) is 0 Å². The van der Waals surface area contributed by atoms with Gasteiger partial charge in [0.15, 0.2) is 0 Å². The predicted molar refractivity (Wildman–Crippen MR) is 179 cm³/mol. The molecule has 0 atom stereocenters. The molecule has 0 aliphatic rings. The van der Waals surface area contributed by atoms with Gasteiger partial charge in [0.25, 0.3) is 0 Å². The van der Waals surface area contributed by atoms with Crippen molar-refractivity contribution in [2.45, 2.75) is 0 Å². The van der Waals surface area contributed by atoms with Crippen molar-refractivity contribution in [2.75, 3.05) is 14.7 Å². The second-order valence-electron chi connectivity index (χ2n) is 9.96. The summed E-state index contributed by atoms with van der Waals surface area (Å²) in [5, 5.41) is 0. The van der Waals surface area contributed by atoms with Gasteiger partial charge < -0.3 is 0 Å². The summed E-state index contributed by atoms with van der Waals surface area (Å²) in [5.41, 5.74) is 3.61. The first-order chi connectivity index (χ1) is 22.3. The van der Waals surface area contributed by atoms with Crippen molar-refractivity contribution in [3.05, 3.63) is 170 Å². The molecule has 7 rings (SSSR count). The molecule has 45 heavy (non-hydrogen) atoms. The van der Waals surface area contributed by atoms with Crippen LogP contribution in [0.5, 0.6) is 0 Å². The van der Waals surface area contributed by atoms with Gasteiger partial charge in [-0.3, -0.25) is 9.80 Å². The van der Waals surface area contributed by atoms with E-state index in [9.17, 15) is 0 Å². The number of pyridine rings is 2. The minimum absolute atomic E-state index is 0.362. The lowest BCUT2D eigenvalue weighted by atomic mass is 10.2. The summed E-state index contributed by atoms with van der Waals surface area (Å²) in [5.74, 6) is 2.47. The Labute approximate surface area is 261 Å². The van der Waals surface area contributed by atoms with Crippen LogP contribution in [0.3, 0.4) is 0 Å². The van der Waals surface area contributed by atoms with Gasteiger partial charge in [0, 0.05) is 35.1 Å². The maximum Gasteiger partial charge on any atom is 0.243 e. The highest BCUT2D eigenvalue weighted by Gasteiger charge is 2.26. The minimum atomic E-state index is 0.362. The standard InChI is InChI=1S/C37H28N8/c1-5-17-29(18-6-1)43(30-19-7-2-8-20-30)35-40-36(44(31-21-9-3-10-22-31)32-23-11-4-12-24-32)42-37(41-35)45(33-25-13-15-27-38-33)34-26-14-16-28-39-34/h1-28H. The zero-order chi connectivity index (χ0) is 30.3. The zero-order valence-corrected chi connectivity index (χ0v) is 24.2. The molecule has 0 saturated carbocycles. The maximum atomic E-state index is 5.17. The van der Waals surface area contributed by atoms with Gasteiger partial charge in [-0.1, -0.05) is 84.9 Å². The molecule has 0 radical (unpaired) electrons. The van der Waals surface area contributed by atoms with Gasteiger partial charge in [-0.05, 0) is 72.8 Å². The van der Waals surface area contributed by atoms with E-state index in [2.05, 4.69) is 9.97 Å². The molecule has 0 unspecified atom stereocenters. The fourth-order valence-electron chi connectivity index (χ4n) is 5.01. The molecular formula is C37H28N8. The number of para-hydroxylation sites is 4.